The highest BCUT2D eigenvalue weighted by atomic mass is 16.6. The summed E-state index contributed by atoms with van der Waals surface area (Å²) in [6.07, 6.45) is 5.22. The number of hydrogen-bond donors (Lipinski definition) is 1. The van der Waals surface area contributed by atoms with E-state index in [1.165, 1.54) is 5.56 Å². The minimum atomic E-state index is -0.458. The fraction of sp³-hybridized carbons (Fsp3) is 0.593. The van der Waals surface area contributed by atoms with Crippen molar-refractivity contribution in [3.8, 4) is 5.75 Å². The molecule has 3 rings (SSSR count). The molecule has 1 unspecified atom stereocenters. The largest absolute Gasteiger partial charge is 0.497 e. The van der Waals surface area contributed by atoms with Gasteiger partial charge in [-0.05, 0) is 77.0 Å². The average Bonchev–Trinajstić information content (AvgIpc) is 2.80. The molecule has 1 aliphatic rings. The van der Waals surface area contributed by atoms with Crippen molar-refractivity contribution in [2.45, 2.75) is 71.9 Å². The van der Waals surface area contributed by atoms with Crippen LogP contribution in [0.4, 0.5) is 16.4 Å². The minimum absolute atomic E-state index is 0.190. The predicted octanol–water partition coefficient (Wildman–Crippen LogP) is 5.20. The molecule has 1 saturated heterocycles. The van der Waals surface area contributed by atoms with Gasteiger partial charge in [0.25, 0.3) is 0 Å². The summed E-state index contributed by atoms with van der Waals surface area (Å²) in [6, 6.07) is 9.96. The first-order valence-corrected chi connectivity index (χ1v) is 12.6. The number of aryl methyl sites for hydroxylation is 1. The van der Waals surface area contributed by atoms with Gasteiger partial charge in [0, 0.05) is 32.2 Å². The number of ether oxygens (including phenoxy) is 2. The van der Waals surface area contributed by atoms with Crippen molar-refractivity contribution in [2.75, 3.05) is 37.4 Å². The Balaban J connectivity index is 1.56. The van der Waals surface area contributed by atoms with Gasteiger partial charge in [-0.1, -0.05) is 18.6 Å². The molecule has 1 amide bonds. The SMILES string of the molecule is COc1ccc(CN(CCCCC2CCCN(C(=O)OC(C)(C)C)C2)c2cc(N)nc(C)n2)cc1. The van der Waals surface area contributed by atoms with Crippen molar-refractivity contribution in [1.29, 1.82) is 0 Å². The predicted molar refractivity (Wildman–Crippen MR) is 140 cm³/mol. The van der Waals surface area contributed by atoms with Gasteiger partial charge in [-0.2, -0.15) is 0 Å². The minimum Gasteiger partial charge on any atom is -0.497 e. The Morgan fingerprint density at radius 1 is 1.20 bits per heavy atom. The van der Waals surface area contributed by atoms with Crippen molar-refractivity contribution in [2.24, 2.45) is 5.92 Å². The summed E-state index contributed by atoms with van der Waals surface area (Å²) in [5.74, 6) is 3.36. The third kappa shape index (κ3) is 8.60. The first-order valence-electron chi connectivity index (χ1n) is 12.6. The van der Waals surface area contributed by atoms with Crippen LogP contribution in [0.15, 0.2) is 30.3 Å². The first-order chi connectivity index (χ1) is 16.6. The van der Waals surface area contributed by atoms with Crippen molar-refractivity contribution in [3.63, 3.8) is 0 Å². The number of nitrogen functional groups attached to an aromatic ring is 1. The maximum absolute atomic E-state index is 12.5. The zero-order valence-electron chi connectivity index (χ0n) is 21.9. The van der Waals surface area contributed by atoms with Gasteiger partial charge >= 0.3 is 6.09 Å². The number of carbonyl (C=O) groups is 1. The van der Waals surface area contributed by atoms with E-state index < -0.39 is 5.60 Å². The Bertz CT molecular complexity index is 938. The molecule has 0 bridgehead atoms. The lowest BCUT2D eigenvalue weighted by molar-refractivity contribution is 0.0160. The molecule has 2 N–H and O–H groups in total. The van der Waals surface area contributed by atoms with Crippen LogP contribution in [-0.2, 0) is 11.3 Å². The molecule has 0 radical (unpaired) electrons. The van der Waals surface area contributed by atoms with Gasteiger partial charge in [0.2, 0.25) is 0 Å². The van der Waals surface area contributed by atoms with Crippen LogP contribution in [0.3, 0.4) is 0 Å². The average molecular weight is 484 g/mol. The molecular weight excluding hydrogens is 442 g/mol. The van der Waals surface area contributed by atoms with E-state index in [0.717, 1.165) is 69.9 Å². The Morgan fingerprint density at radius 3 is 2.60 bits per heavy atom. The Morgan fingerprint density at radius 2 is 1.94 bits per heavy atom. The Labute approximate surface area is 209 Å². The van der Waals surface area contributed by atoms with Crippen molar-refractivity contribution in [3.05, 3.63) is 41.7 Å². The highest BCUT2D eigenvalue weighted by molar-refractivity contribution is 5.68. The highest BCUT2D eigenvalue weighted by Crippen LogP contribution is 2.25. The van der Waals surface area contributed by atoms with Gasteiger partial charge in [0.05, 0.1) is 7.11 Å². The van der Waals surface area contributed by atoms with Crippen molar-refractivity contribution < 1.29 is 14.3 Å². The second kappa shape index (κ2) is 12.1. The molecule has 2 heterocycles. The number of methoxy groups -OCH3 is 1. The molecule has 8 heteroatoms. The fourth-order valence-electron chi connectivity index (χ4n) is 4.49. The summed E-state index contributed by atoms with van der Waals surface area (Å²) < 4.78 is 10.9. The third-order valence-corrected chi connectivity index (χ3v) is 6.16. The summed E-state index contributed by atoms with van der Waals surface area (Å²) in [4.78, 5) is 25.5. The van der Waals surface area contributed by atoms with E-state index in [1.54, 1.807) is 7.11 Å². The molecule has 0 spiro atoms. The lowest BCUT2D eigenvalue weighted by atomic mass is 9.93. The second-order valence-corrected chi connectivity index (χ2v) is 10.4. The summed E-state index contributed by atoms with van der Waals surface area (Å²) >= 11 is 0. The number of hydrogen-bond acceptors (Lipinski definition) is 7. The maximum atomic E-state index is 12.5. The van der Waals surface area contributed by atoms with E-state index in [0.29, 0.717) is 17.6 Å². The summed E-state index contributed by atoms with van der Waals surface area (Å²) in [7, 11) is 1.67. The van der Waals surface area contributed by atoms with E-state index in [2.05, 4.69) is 27.0 Å². The monoisotopic (exact) mass is 483 g/mol. The number of amides is 1. The molecule has 0 saturated carbocycles. The fourth-order valence-corrected chi connectivity index (χ4v) is 4.49. The number of anilines is 2. The smallest absolute Gasteiger partial charge is 0.410 e. The molecule has 1 aromatic carbocycles. The summed E-state index contributed by atoms with van der Waals surface area (Å²) in [5.41, 5.74) is 6.74. The lowest BCUT2D eigenvalue weighted by Gasteiger charge is -2.34. The number of unbranched alkanes of at least 4 members (excludes halogenated alkanes) is 1. The molecule has 2 aromatic rings. The van der Waals surface area contributed by atoms with E-state index >= 15 is 0 Å². The summed E-state index contributed by atoms with van der Waals surface area (Å²) in [5, 5.41) is 0. The van der Waals surface area contributed by atoms with Gasteiger partial charge in [-0.3, -0.25) is 0 Å². The number of carbonyl (C=O) groups excluding carboxylic acids is 1. The van der Waals surface area contributed by atoms with E-state index in [4.69, 9.17) is 15.2 Å². The normalized spacial score (nSPS) is 16.1. The van der Waals surface area contributed by atoms with Crippen LogP contribution >= 0.6 is 0 Å². The number of piperidine rings is 1. The zero-order chi connectivity index (χ0) is 25.4. The highest BCUT2D eigenvalue weighted by Gasteiger charge is 2.27. The first kappa shape index (κ1) is 26.6. The van der Waals surface area contributed by atoms with E-state index in [9.17, 15) is 4.79 Å². The number of benzene rings is 1. The van der Waals surface area contributed by atoms with E-state index in [-0.39, 0.29) is 6.09 Å². The number of rotatable bonds is 9. The van der Waals surface area contributed by atoms with Crippen LogP contribution in [0.2, 0.25) is 0 Å². The maximum Gasteiger partial charge on any atom is 0.410 e. The van der Waals surface area contributed by atoms with Crippen LogP contribution in [0, 0.1) is 12.8 Å². The van der Waals surface area contributed by atoms with Crippen molar-refractivity contribution >= 4 is 17.7 Å². The molecule has 1 aromatic heterocycles. The molecular formula is C27H41N5O3. The van der Waals surface area contributed by atoms with Gasteiger partial charge in [-0.15, -0.1) is 0 Å². The Kier molecular flexibility index (Phi) is 9.18. The zero-order valence-corrected chi connectivity index (χ0v) is 21.9. The molecule has 1 atom stereocenters. The van der Waals surface area contributed by atoms with E-state index in [1.807, 2.05) is 50.8 Å². The molecule has 8 nitrogen and oxygen atoms in total. The summed E-state index contributed by atoms with van der Waals surface area (Å²) in [6.45, 7) is 10.8. The number of aromatic nitrogens is 2. The molecule has 1 aliphatic heterocycles. The molecule has 0 aliphatic carbocycles. The molecule has 192 valence electrons. The third-order valence-electron chi connectivity index (χ3n) is 6.16. The second-order valence-electron chi connectivity index (χ2n) is 10.4. The number of nitrogens with zero attached hydrogens (tertiary/aromatic N) is 4. The van der Waals surface area contributed by atoms with Gasteiger partial charge < -0.3 is 25.0 Å². The number of likely N-dealkylation sites (tertiary alicyclic amines) is 1. The Hall–Kier alpha value is -3.03. The van der Waals surface area contributed by atoms with Crippen LogP contribution < -0.4 is 15.4 Å². The molecule has 35 heavy (non-hydrogen) atoms. The van der Waals surface area contributed by atoms with Crippen LogP contribution in [0.1, 0.15) is 64.3 Å². The van der Waals surface area contributed by atoms with Crippen LogP contribution in [0.25, 0.3) is 0 Å². The van der Waals surface area contributed by atoms with Crippen LogP contribution in [0.5, 0.6) is 5.75 Å². The quantitative estimate of drug-likeness (QED) is 0.490. The van der Waals surface area contributed by atoms with Gasteiger partial charge in [0.1, 0.15) is 28.8 Å². The standard InChI is InChI=1S/C27H41N5O3/c1-20-29-24(28)17-25(30-20)31(18-22-11-13-23(34-5)14-12-22)15-7-6-9-21-10-8-16-32(19-21)26(33)35-27(2,3)4/h11-14,17,21H,6-10,15-16,18-19H2,1-5H3,(H2,28,29,30). The topological polar surface area (TPSA) is 93.8 Å². The van der Waals surface area contributed by atoms with Gasteiger partial charge in [-0.25, -0.2) is 14.8 Å². The van der Waals surface area contributed by atoms with Crippen molar-refractivity contribution in [1.82, 2.24) is 14.9 Å². The van der Waals surface area contributed by atoms with Crippen LogP contribution in [-0.4, -0.2) is 53.3 Å². The number of nitrogens with two attached hydrogens (primary N) is 1. The molecule has 1 fully saturated rings. The lowest BCUT2D eigenvalue weighted by Crippen LogP contribution is -2.42. The van der Waals surface area contributed by atoms with Gasteiger partial charge in [0.15, 0.2) is 0 Å².